The summed E-state index contributed by atoms with van der Waals surface area (Å²) >= 11 is 0. The molecule has 152 valence electrons. The molecule has 3 heterocycles. The zero-order chi connectivity index (χ0) is 20.9. The van der Waals surface area contributed by atoms with Crippen molar-refractivity contribution in [3.05, 3.63) is 45.4 Å². The summed E-state index contributed by atoms with van der Waals surface area (Å²) in [5.41, 5.74) is 2.78. The van der Waals surface area contributed by atoms with E-state index in [0.717, 1.165) is 54.5 Å². The highest BCUT2D eigenvalue weighted by Gasteiger charge is 2.38. The molecule has 1 aliphatic heterocycles. The van der Waals surface area contributed by atoms with E-state index >= 15 is 0 Å². The fraction of sp³-hybridized carbons (Fsp3) is 0.471. The number of carbonyl (C=O) groups is 1. The van der Waals surface area contributed by atoms with E-state index in [1.165, 1.54) is 0 Å². The van der Waals surface area contributed by atoms with Gasteiger partial charge in [0.15, 0.2) is 0 Å². The largest absolute Gasteiger partial charge is 0.490 e. The first-order chi connectivity index (χ1) is 13.1. The van der Waals surface area contributed by atoms with Crippen LogP contribution in [-0.4, -0.2) is 50.3 Å². The van der Waals surface area contributed by atoms with Crippen LogP contribution < -0.4 is 10.5 Å². The number of nitrogens with one attached hydrogen (secondary N) is 1. The molecule has 0 aliphatic carbocycles. The predicted octanol–water partition coefficient (Wildman–Crippen LogP) is 1.67. The monoisotopic (exact) mass is 399 g/mol. The Morgan fingerprint density at radius 2 is 1.82 bits per heavy atom. The number of alkyl halides is 3. The Kier molecular flexibility index (Phi) is 6.71. The number of aliphatic carboxylic acids is 1. The lowest BCUT2D eigenvalue weighted by atomic mass is 10.1. The first-order valence-corrected chi connectivity index (χ1v) is 8.56. The number of anilines is 1. The molecule has 0 unspecified atom stereocenters. The first-order valence-electron chi connectivity index (χ1n) is 8.56. The van der Waals surface area contributed by atoms with Gasteiger partial charge in [-0.25, -0.2) is 19.7 Å². The zero-order valence-corrected chi connectivity index (χ0v) is 15.4. The molecule has 8 nitrogen and oxygen atoms in total. The summed E-state index contributed by atoms with van der Waals surface area (Å²) in [5.74, 6) is -1.27. The highest BCUT2D eigenvalue weighted by molar-refractivity contribution is 5.73. The van der Waals surface area contributed by atoms with Gasteiger partial charge in [0.2, 0.25) is 5.95 Å². The van der Waals surface area contributed by atoms with E-state index in [-0.39, 0.29) is 5.56 Å². The number of fused-ring (bicyclic) bond motifs is 1. The molecule has 2 aromatic heterocycles. The third-order valence-corrected chi connectivity index (χ3v) is 4.03. The van der Waals surface area contributed by atoms with Crippen LogP contribution in [0.25, 0.3) is 0 Å². The lowest BCUT2D eigenvalue weighted by Gasteiger charge is -2.19. The average molecular weight is 399 g/mol. The molecule has 0 saturated heterocycles. The molecule has 2 N–H and O–H groups in total. The molecule has 0 radical (unpaired) electrons. The van der Waals surface area contributed by atoms with E-state index in [2.05, 4.69) is 24.8 Å². The minimum atomic E-state index is -5.08. The van der Waals surface area contributed by atoms with Crippen molar-refractivity contribution in [1.29, 1.82) is 0 Å². The molecule has 3 rings (SSSR count). The molecule has 0 atom stereocenters. The molecular weight excluding hydrogens is 379 g/mol. The quantitative estimate of drug-likeness (QED) is 0.790. The van der Waals surface area contributed by atoms with Crippen molar-refractivity contribution in [2.75, 3.05) is 18.0 Å². The normalized spacial score (nSPS) is 13.8. The summed E-state index contributed by atoms with van der Waals surface area (Å²) in [5, 5.41) is 7.12. The van der Waals surface area contributed by atoms with Gasteiger partial charge in [-0.1, -0.05) is 6.92 Å². The number of aromatic amines is 1. The Labute approximate surface area is 158 Å². The Morgan fingerprint density at radius 3 is 2.36 bits per heavy atom. The summed E-state index contributed by atoms with van der Waals surface area (Å²) in [7, 11) is 0. The van der Waals surface area contributed by atoms with Crippen molar-refractivity contribution in [2.24, 2.45) is 0 Å². The molecule has 1 aliphatic rings. The van der Waals surface area contributed by atoms with Crippen LogP contribution in [0.15, 0.2) is 17.2 Å². The van der Waals surface area contributed by atoms with E-state index in [9.17, 15) is 18.0 Å². The number of hydrogen-bond acceptors (Lipinski definition) is 6. The van der Waals surface area contributed by atoms with Crippen molar-refractivity contribution < 1.29 is 23.1 Å². The van der Waals surface area contributed by atoms with Crippen LogP contribution >= 0.6 is 0 Å². The maximum atomic E-state index is 12.1. The number of aromatic nitrogens is 4. The van der Waals surface area contributed by atoms with E-state index in [0.29, 0.717) is 6.42 Å². The number of aryl methyl sites for hydroxylation is 2. The molecule has 0 bridgehead atoms. The van der Waals surface area contributed by atoms with Crippen LogP contribution in [0.4, 0.5) is 19.1 Å². The van der Waals surface area contributed by atoms with Crippen LogP contribution in [-0.2, 0) is 24.1 Å². The van der Waals surface area contributed by atoms with Gasteiger partial charge in [-0.05, 0) is 18.9 Å². The van der Waals surface area contributed by atoms with Gasteiger partial charge < -0.3 is 15.0 Å². The predicted molar refractivity (Wildman–Crippen MR) is 94.3 cm³/mol. The van der Waals surface area contributed by atoms with Crippen molar-refractivity contribution in [3.8, 4) is 0 Å². The van der Waals surface area contributed by atoms with Gasteiger partial charge in [0.05, 0.1) is 5.69 Å². The van der Waals surface area contributed by atoms with Crippen LogP contribution in [0, 0.1) is 6.92 Å². The SMILES string of the molecule is CCc1nc2c(c(=O)[nH]1)CCN(c1ncc(C)cn1)CC2.O=C(O)C(F)(F)F. The third kappa shape index (κ3) is 5.51. The topological polar surface area (TPSA) is 112 Å². The number of H-pyrrole nitrogens is 1. The second-order valence-electron chi connectivity index (χ2n) is 6.14. The minimum absolute atomic E-state index is 0.00326. The fourth-order valence-electron chi connectivity index (χ4n) is 2.58. The van der Waals surface area contributed by atoms with E-state index in [4.69, 9.17) is 9.90 Å². The molecule has 0 saturated carbocycles. The average Bonchev–Trinajstić information content (AvgIpc) is 2.85. The van der Waals surface area contributed by atoms with Gasteiger partial charge >= 0.3 is 12.1 Å². The van der Waals surface area contributed by atoms with Gasteiger partial charge in [-0.3, -0.25) is 4.79 Å². The Hall–Kier alpha value is -2.98. The molecule has 0 spiro atoms. The standard InChI is InChI=1S/C15H19N5O.C2HF3O2/c1-3-13-18-12-5-7-20(6-4-11(12)14(21)19-13)15-16-8-10(2)9-17-15;3-2(4,5)1(6)7/h8-9H,3-7H2,1-2H3,(H,18,19,21);(H,6,7). The summed E-state index contributed by atoms with van der Waals surface area (Å²) in [6.07, 6.45) is 0.733. The van der Waals surface area contributed by atoms with E-state index < -0.39 is 12.1 Å². The molecule has 11 heteroatoms. The number of hydrogen-bond donors (Lipinski definition) is 2. The van der Waals surface area contributed by atoms with E-state index in [1.807, 2.05) is 26.2 Å². The third-order valence-electron chi connectivity index (χ3n) is 4.03. The second kappa shape index (κ2) is 8.81. The van der Waals surface area contributed by atoms with Crippen LogP contribution in [0.3, 0.4) is 0 Å². The molecule has 0 fully saturated rings. The highest BCUT2D eigenvalue weighted by atomic mass is 19.4. The number of carboxylic acids is 1. The Morgan fingerprint density at radius 1 is 1.25 bits per heavy atom. The number of rotatable bonds is 2. The molecule has 0 aromatic carbocycles. The van der Waals surface area contributed by atoms with Crippen molar-refractivity contribution >= 4 is 11.9 Å². The first kappa shape index (κ1) is 21.3. The van der Waals surface area contributed by atoms with Crippen molar-refractivity contribution in [1.82, 2.24) is 19.9 Å². The summed E-state index contributed by atoms with van der Waals surface area (Å²) < 4.78 is 31.7. The fourth-order valence-corrected chi connectivity index (χ4v) is 2.58. The van der Waals surface area contributed by atoms with Crippen molar-refractivity contribution in [3.63, 3.8) is 0 Å². The smallest absolute Gasteiger partial charge is 0.475 e. The molecule has 2 aromatic rings. The lowest BCUT2D eigenvalue weighted by molar-refractivity contribution is -0.192. The van der Waals surface area contributed by atoms with Crippen molar-refractivity contribution in [2.45, 2.75) is 39.3 Å². The van der Waals surface area contributed by atoms with Gasteiger partial charge in [0.25, 0.3) is 5.56 Å². The Bertz CT molecular complexity index is 881. The van der Waals surface area contributed by atoms with Crippen LogP contribution in [0.1, 0.15) is 29.6 Å². The number of halogens is 3. The van der Waals surface area contributed by atoms with Crippen LogP contribution in [0.5, 0.6) is 0 Å². The zero-order valence-electron chi connectivity index (χ0n) is 15.4. The maximum Gasteiger partial charge on any atom is 0.490 e. The van der Waals surface area contributed by atoms with E-state index in [1.54, 1.807) is 0 Å². The molecular formula is C17H20F3N5O3. The minimum Gasteiger partial charge on any atom is -0.475 e. The highest BCUT2D eigenvalue weighted by Crippen LogP contribution is 2.15. The molecule has 28 heavy (non-hydrogen) atoms. The number of nitrogens with zero attached hydrogens (tertiary/aromatic N) is 4. The lowest BCUT2D eigenvalue weighted by Crippen LogP contribution is -2.28. The summed E-state index contributed by atoms with van der Waals surface area (Å²) in [4.78, 5) is 39.3. The number of carboxylic acid groups (broad SMARTS) is 1. The van der Waals surface area contributed by atoms with Gasteiger partial charge in [0.1, 0.15) is 5.82 Å². The maximum absolute atomic E-state index is 12.1. The van der Waals surface area contributed by atoms with Gasteiger partial charge in [0, 0.05) is 43.9 Å². The Balaban J connectivity index is 0.000000345. The second-order valence-corrected chi connectivity index (χ2v) is 6.14. The van der Waals surface area contributed by atoms with Crippen LogP contribution in [0.2, 0.25) is 0 Å². The summed E-state index contributed by atoms with van der Waals surface area (Å²) in [6.45, 7) is 5.49. The van der Waals surface area contributed by atoms with Gasteiger partial charge in [-0.15, -0.1) is 0 Å². The molecule has 0 amide bonds. The van der Waals surface area contributed by atoms with Gasteiger partial charge in [-0.2, -0.15) is 13.2 Å². The summed E-state index contributed by atoms with van der Waals surface area (Å²) in [6, 6.07) is 0.